The number of likely N-dealkylation sites (N-methyl/N-ethyl adjacent to an activating group) is 1. The van der Waals surface area contributed by atoms with Gasteiger partial charge in [0.1, 0.15) is 23.9 Å². The Morgan fingerprint density at radius 2 is 1.42 bits per heavy atom. The highest BCUT2D eigenvalue weighted by Gasteiger charge is 2.33. The molecule has 0 saturated carbocycles. The van der Waals surface area contributed by atoms with E-state index in [1.165, 1.54) is 19.2 Å². The van der Waals surface area contributed by atoms with Crippen LogP contribution in [0.3, 0.4) is 0 Å². The summed E-state index contributed by atoms with van der Waals surface area (Å²) in [4.78, 5) is 67.7. The predicted octanol–water partition coefficient (Wildman–Crippen LogP) is 4.72. The van der Waals surface area contributed by atoms with Gasteiger partial charge in [0.25, 0.3) is 5.91 Å². The first kappa shape index (κ1) is 46.8. The van der Waals surface area contributed by atoms with Crippen LogP contribution < -0.4 is 26.6 Å². The molecular weight excluding hydrogens is 807 g/mol. The summed E-state index contributed by atoms with van der Waals surface area (Å²) in [6.07, 6.45) is 6.12. The maximum absolute atomic E-state index is 13.9. The van der Waals surface area contributed by atoms with E-state index in [0.29, 0.717) is 17.7 Å². The van der Waals surface area contributed by atoms with Crippen molar-refractivity contribution in [2.45, 2.75) is 56.2 Å². The number of nitrogens with one attached hydrogen (secondary N) is 5. The van der Waals surface area contributed by atoms with Gasteiger partial charge in [0.05, 0.1) is 12.7 Å². The molecule has 0 bridgehead atoms. The van der Waals surface area contributed by atoms with Crippen LogP contribution in [0, 0.1) is 5.92 Å². The summed E-state index contributed by atoms with van der Waals surface area (Å²) >= 11 is 1.56. The van der Waals surface area contributed by atoms with Gasteiger partial charge in [0.2, 0.25) is 23.6 Å². The minimum absolute atomic E-state index is 0.0209. The van der Waals surface area contributed by atoms with Crippen molar-refractivity contribution in [3.05, 3.63) is 151 Å². The number of hydrogen-bond acceptors (Lipinski definition) is 9. The zero-order chi connectivity index (χ0) is 44.3. The van der Waals surface area contributed by atoms with E-state index in [9.17, 15) is 29.1 Å². The van der Waals surface area contributed by atoms with Gasteiger partial charge in [-0.2, -0.15) is 11.8 Å². The number of carbonyl (C=O) groups excluding carboxylic acids is 5. The van der Waals surface area contributed by atoms with E-state index in [-0.39, 0.29) is 44.1 Å². The van der Waals surface area contributed by atoms with Crippen LogP contribution >= 0.6 is 11.8 Å². The number of phenols is 1. The van der Waals surface area contributed by atoms with Crippen LogP contribution in [0.2, 0.25) is 0 Å². The van der Waals surface area contributed by atoms with Crippen molar-refractivity contribution in [2.24, 2.45) is 5.92 Å². The van der Waals surface area contributed by atoms with E-state index in [2.05, 4.69) is 33.2 Å². The highest BCUT2D eigenvalue weighted by Crippen LogP contribution is 2.25. The van der Waals surface area contributed by atoms with Gasteiger partial charge < -0.3 is 41.2 Å². The van der Waals surface area contributed by atoms with Crippen molar-refractivity contribution >= 4 is 41.3 Å². The van der Waals surface area contributed by atoms with Crippen molar-refractivity contribution in [1.29, 1.82) is 0 Å². The molecule has 0 unspecified atom stereocenters. The predicted molar refractivity (Wildman–Crippen MR) is 241 cm³/mol. The molecule has 62 heavy (non-hydrogen) atoms. The average molecular weight is 862 g/mol. The molecule has 4 aromatic rings. The third-order valence-electron chi connectivity index (χ3n) is 10.2. The van der Waals surface area contributed by atoms with Crippen LogP contribution in [0.15, 0.2) is 134 Å². The van der Waals surface area contributed by atoms with Gasteiger partial charge in [-0.05, 0) is 58.9 Å². The number of amides is 5. The molecule has 0 spiro atoms. The molecule has 13 nitrogen and oxygen atoms in total. The molecule has 0 radical (unpaired) electrons. The minimum atomic E-state index is -0.995. The average Bonchev–Trinajstić information content (AvgIpc) is 3.29. The lowest BCUT2D eigenvalue weighted by Gasteiger charge is -2.32. The van der Waals surface area contributed by atoms with E-state index >= 15 is 0 Å². The zero-order valence-corrected chi connectivity index (χ0v) is 35.8. The van der Waals surface area contributed by atoms with Gasteiger partial charge in [0, 0.05) is 44.3 Å². The van der Waals surface area contributed by atoms with E-state index in [1.807, 2.05) is 79.1 Å². The summed E-state index contributed by atoms with van der Waals surface area (Å²) in [7, 11) is 1.51. The summed E-state index contributed by atoms with van der Waals surface area (Å²) in [5.74, 6) is -1.96. The largest absolute Gasteiger partial charge is 0.508 e. The lowest BCUT2D eigenvalue weighted by molar-refractivity contribution is -0.182. The number of benzene rings is 4. The second-order valence-corrected chi connectivity index (χ2v) is 15.7. The van der Waals surface area contributed by atoms with Gasteiger partial charge in [-0.3, -0.25) is 24.0 Å². The lowest BCUT2D eigenvalue weighted by atomic mass is 9.98. The van der Waals surface area contributed by atoms with Gasteiger partial charge in [-0.25, -0.2) is 0 Å². The van der Waals surface area contributed by atoms with Crippen molar-refractivity contribution in [2.75, 3.05) is 32.2 Å². The molecule has 1 aliphatic rings. The molecule has 14 heteroatoms. The Bertz CT molecular complexity index is 2140. The number of thioether (sulfide) groups is 1. The molecule has 6 atom stereocenters. The first-order valence-electron chi connectivity index (χ1n) is 20.5. The maximum atomic E-state index is 13.9. The van der Waals surface area contributed by atoms with E-state index < -0.39 is 60.1 Å². The van der Waals surface area contributed by atoms with Crippen molar-refractivity contribution in [1.82, 2.24) is 26.6 Å². The number of phenolic OH excluding ortho intramolecular Hbond substituents is 1. The molecule has 326 valence electrons. The molecule has 0 saturated heterocycles. The number of carbonyl (C=O) groups is 5. The van der Waals surface area contributed by atoms with Crippen LogP contribution in [0.1, 0.15) is 34.3 Å². The van der Waals surface area contributed by atoms with Crippen LogP contribution in [-0.2, 0) is 41.5 Å². The topological polar surface area (TPSA) is 184 Å². The lowest BCUT2D eigenvalue weighted by Crippen LogP contribution is -2.54. The zero-order valence-electron chi connectivity index (χ0n) is 35.0. The summed E-state index contributed by atoms with van der Waals surface area (Å²) in [6, 6.07) is 29.6. The number of ether oxygens (including phenoxy) is 2. The fraction of sp³-hybridized carbons (Fsp3) is 0.312. The van der Waals surface area contributed by atoms with Gasteiger partial charge in [-0.1, -0.05) is 109 Å². The van der Waals surface area contributed by atoms with Crippen LogP contribution in [0.5, 0.6) is 5.75 Å². The summed E-state index contributed by atoms with van der Waals surface area (Å²) < 4.78 is 12.2. The van der Waals surface area contributed by atoms with Crippen molar-refractivity contribution in [3.63, 3.8) is 0 Å². The smallest absolute Gasteiger partial charge is 0.252 e. The summed E-state index contributed by atoms with van der Waals surface area (Å²) in [5.41, 5.74) is 3.53. The fourth-order valence-electron chi connectivity index (χ4n) is 6.95. The first-order chi connectivity index (χ1) is 30.1. The van der Waals surface area contributed by atoms with Gasteiger partial charge in [-0.15, -0.1) is 6.58 Å². The van der Waals surface area contributed by atoms with Gasteiger partial charge >= 0.3 is 0 Å². The maximum Gasteiger partial charge on any atom is 0.252 e. The fourth-order valence-corrected chi connectivity index (χ4v) is 7.42. The van der Waals surface area contributed by atoms with Crippen molar-refractivity contribution in [3.8, 4) is 16.9 Å². The highest BCUT2D eigenvalue weighted by molar-refractivity contribution is 7.98. The summed E-state index contributed by atoms with van der Waals surface area (Å²) in [6.45, 7) is 3.88. The molecule has 0 aromatic heterocycles. The molecule has 4 aromatic carbocycles. The SMILES string of the molecule is C=CCO[C@H]1O[C@H](CNC(=O)[C@H](Cc2ccc(O)cc2)NC(=O)c2ccccc2-c2ccccc2)C=C[C@@H]1CC(=O)N[C@@H](Cc1ccccc1)C(=O)N[C@@H](CCSC)C(=O)NC. The van der Waals surface area contributed by atoms with E-state index in [0.717, 1.165) is 22.3 Å². The number of aromatic hydroxyl groups is 1. The monoisotopic (exact) mass is 861 g/mol. The third-order valence-corrected chi connectivity index (χ3v) is 10.8. The highest BCUT2D eigenvalue weighted by atomic mass is 32.2. The number of hydrogen-bond donors (Lipinski definition) is 6. The molecule has 0 fully saturated rings. The van der Waals surface area contributed by atoms with E-state index in [1.54, 1.807) is 54.3 Å². The molecular formula is C48H55N5O8S. The van der Waals surface area contributed by atoms with Crippen LogP contribution in [0.4, 0.5) is 0 Å². The Hall–Kier alpha value is -6.22. The number of rotatable bonds is 22. The Balaban J connectivity index is 1.27. The molecule has 1 heterocycles. The van der Waals surface area contributed by atoms with Crippen LogP contribution in [0.25, 0.3) is 11.1 Å². The second-order valence-electron chi connectivity index (χ2n) is 14.7. The van der Waals surface area contributed by atoms with Crippen LogP contribution in [-0.4, -0.2) is 97.4 Å². The normalized spacial score (nSPS) is 17.1. The molecule has 1 aliphatic heterocycles. The first-order valence-corrected chi connectivity index (χ1v) is 21.9. The quantitative estimate of drug-likeness (QED) is 0.0610. The third kappa shape index (κ3) is 14.2. The van der Waals surface area contributed by atoms with Gasteiger partial charge in [0.15, 0.2) is 6.29 Å². The van der Waals surface area contributed by atoms with Crippen molar-refractivity contribution < 1.29 is 38.6 Å². The molecule has 0 aliphatic carbocycles. The molecule has 5 rings (SSSR count). The Morgan fingerprint density at radius 1 is 0.774 bits per heavy atom. The Labute approximate surface area is 367 Å². The van der Waals surface area contributed by atoms with E-state index in [4.69, 9.17) is 9.47 Å². The Morgan fingerprint density at radius 3 is 2.10 bits per heavy atom. The minimum Gasteiger partial charge on any atom is -0.508 e. The molecule has 5 amide bonds. The Kier molecular flexibility index (Phi) is 18.3. The summed E-state index contributed by atoms with van der Waals surface area (Å²) in [5, 5.41) is 24.0. The molecule has 6 N–H and O–H groups in total. The second kappa shape index (κ2) is 24.3. The standard InChI is InChI=1S/C48H55N5O8S/c1-4-26-60-48-35(30-43(55)51-42(28-32-13-7-5-8-14-32)47(59)52-40(25-27-62-3)45(57)49-2)21-24-37(61-48)31-50-46(58)41(29-33-19-22-36(54)23-20-33)53-44(56)39-18-12-11-17-38(39)34-15-9-6-10-16-34/h4-24,35,37,40-42,48,54H,1,25-31H2,2-3H3,(H,49,57)(H,50,58)(H,51,55)(H,52,59)(H,53,56)/t35-,37+,40+,41+,42+,48+/m1/s1.